The van der Waals surface area contributed by atoms with Crippen LogP contribution >= 0.6 is 11.3 Å². The lowest BCUT2D eigenvalue weighted by atomic mass is 10.0. The molecule has 0 radical (unpaired) electrons. The van der Waals surface area contributed by atoms with Gasteiger partial charge in [0, 0.05) is 17.6 Å². The molecule has 0 aliphatic rings. The molecule has 0 aliphatic carbocycles. The third-order valence-corrected chi connectivity index (χ3v) is 3.83. The maximum absolute atomic E-state index is 4.29. The highest BCUT2D eigenvalue weighted by molar-refractivity contribution is 7.15. The second-order valence-corrected chi connectivity index (χ2v) is 6.08. The number of benzene rings is 1. The Morgan fingerprint density at radius 2 is 1.94 bits per heavy atom. The number of thiazole rings is 1. The van der Waals surface area contributed by atoms with Gasteiger partial charge in [-0.05, 0) is 30.4 Å². The molecule has 2 aromatic rings. The number of anilines is 1. The van der Waals surface area contributed by atoms with Crippen LogP contribution in [0.25, 0.3) is 0 Å². The van der Waals surface area contributed by atoms with Gasteiger partial charge in [0.2, 0.25) is 0 Å². The SMILES string of the molecule is Cc1cnc(NCCc2ccc(C(C)C)cc2)s1. The standard InChI is InChI=1S/C15H20N2S/c1-11(2)14-6-4-13(5-7-14)8-9-16-15-17-10-12(3)18-15/h4-7,10-11H,8-9H2,1-3H3,(H,16,17). The van der Waals surface area contributed by atoms with E-state index in [4.69, 9.17) is 0 Å². The number of aryl methyl sites for hydroxylation is 1. The lowest BCUT2D eigenvalue weighted by Crippen LogP contribution is -2.04. The largest absolute Gasteiger partial charge is 0.361 e. The summed E-state index contributed by atoms with van der Waals surface area (Å²) in [5.74, 6) is 0.607. The fourth-order valence-electron chi connectivity index (χ4n) is 1.82. The minimum atomic E-state index is 0.607. The molecule has 18 heavy (non-hydrogen) atoms. The van der Waals surface area contributed by atoms with E-state index in [0.29, 0.717) is 5.92 Å². The minimum absolute atomic E-state index is 0.607. The first-order chi connectivity index (χ1) is 8.65. The molecular formula is C15H20N2S. The smallest absolute Gasteiger partial charge is 0.182 e. The summed E-state index contributed by atoms with van der Waals surface area (Å²) >= 11 is 1.71. The van der Waals surface area contributed by atoms with Crippen LogP contribution in [0.2, 0.25) is 0 Å². The topological polar surface area (TPSA) is 24.9 Å². The van der Waals surface area contributed by atoms with Crippen LogP contribution in [0.15, 0.2) is 30.5 Å². The van der Waals surface area contributed by atoms with Gasteiger partial charge in [-0.15, -0.1) is 11.3 Å². The van der Waals surface area contributed by atoms with Crippen LogP contribution < -0.4 is 5.32 Å². The molecule has 1 heterocycles. The Morgan fingerprint density at radius 3 is 2.50 bits per heavy atom. The summed E-state index contributed by atoms with van der Waals surface area (Å²) < 4.78 is 0. The van der Waals surface area contributed by atoms with E-state index < -0.39 is 0 Å². The quantitative estimate of drug-likeness (QED) is 0.870. The molecule has 0 fully saturated rings. The molecule has 3 heteroatoms. The first kappa shape index (κ1) is 13.1. The summed E-state index contributed by atoms with van der Waals surface area (Å²) in [6, 6.07) is 8.91. The Hall–Kier alpha value is -1.35. The molecule has 0 saturated carbocycles. The lowest BCUT2D eigenvalue weighted by molar-refractivity contribution is 0.864. The Morgan fingerprint density at radius 1 is 1.22 bits per heavy atom. The number of hydrogen-bond donors (Lipinski definition) is 1. The normalized spacial score (nSPS) is 10.9. The van der Waals surface area contributed by atoms with Crippen LogP contribution in [0.3, 0.4) is 0 Å². The molecule has 1 N–H and O–H groups in total. The molecule has 0 bridgehead atoms. The highest BCUT2D eigenvalue weighted by Crippen LogP contribution is 2.17. The van der Waals surface area contributed by atoms with E-state index in [0.717, 1.165) is 18.1 Å². The van der Waals surface area contributed by atoms with Crippen molar-refractivity contribution in [2.24, 2.45) is 0 Å². The molecule has 2 nitrogen and oxygen atoms in total. The number of nitrogens with zero attached hydrogens (tertiary/aromatic N) is 1. The highest BCUT2D eigenvalue weighted by atomic mass is 32.1. The predicted molar refractivity (Wildman–Crippen MR) is 79.6 cm³/mol. The average Bonchev–Trinajstić information content (AvgIpc) is 2.76. The van der Waals surface area contributed by atoms with Crippen molar-refractivity contribution in [3.8, 4) is 0 Å². The molecule has 0 atom stereocenters. The summed E-state index contributed by atoms with van der Waals surface area (Å²) in [7, 11) is 0. The van der Waals surface area contributed by atoms with Gasteiger partial charge in [0.25, 0.3) is 0 Å². The first-order valence-corrected chi connectivity index (χ1v) is 7.22. The van der Waals surface area contributed by atoms with Crippen LogP contribution in [0.5, 0.6) is 0 Å². The zero-order valence-electron chi connectivity index (χ0n) is 11.2. The predicted octanol–water partition coefficient (Wildman–Crippen LogP) is 4.23. The monoisotopic (exact) mass is 260 g/mol. The van der Waals surface area contributed by atoms with Gasteiger partial charge in [-0.2, -0.15) is 0 Å². The summed E-state index contributed by atoms with van der Waals surface area (Å²) in [4.78, 5) is 5.54. The molecule has 1 aromatic carbocycles. The van der Waals surface area contributed by atoms with Crippen molar-refractivity contribution >= 4 is 16.5 Å². The fraction of sp³-hybridized carbons (Fsp3) is 0.400. The van der Waals surface area contributed by atoms with E-state index in [1.165, 1.54) is 16.0 Å². The van der Waals surface area contributed by atoms with Gasteiger partial charge >= 0.3 is 0 Å². The molecule has 0 aliphatic heterocycles. The number of nitrogens with one attached hydrogen (secondary N) is 1. The van der Waals surface area contributed by atoms with Crippen LogP contribution in [-0.4, -0.2) is 11.5 Å². The molecule has 0 unspecified atom stereocenters. The maximum atomic E-state index is 4.29. The maximum Gasteiger partial charge on any atom is 0.182 e. The Labute approximate surface area is 113 Å². The third kappa shape index (κ3) is 3.57. The van der Waals surface area contributed by atoms with Gasteiger partial charge in [0.15, 0.2) is 5.13 Å². The zero-order valence-corrected chi connectivity index (χ0v) is 12.1. The Kier molecular flexibility index (Phi) is 4.37. The van der Waals surface area contributed by atoms with Crippen LogP contribution in [0.1, 0.15) is 35.8 Å². The van der Waals surface area contributed by atoms with Crippen molar-refractivity contribution < 1.29 is 0 Å². The van der Waals surface area contributed by atoms with Crippen molar-refractivity contribution in [1.29, 1.82) is 0 Å². The molecule has 1 aromatic heterocycles. The fourth-order valence-corrected chi connectivity index (χ4v) is 2.51. The van der Waals surface area contributed by atoms with Crippen LogP contribution in [0, 0.1) is 6.92 Å². The number of hydrogen-bond acceptors (Lipinski definition) is 3. The van der Waals surface area contributed by atoms with Crippen molar-refractivity contribution in [2.75, 3.05) is 11.9 Å². The van der Waals surface area contributed by atoms with Gasteiger partial charge in [-0.1, -0.05) is 38.1 Å². The van der Waals surface area contributed by atoms with Crippen molar-refractivity contribution in [3.05, 3.63) is 46.5 Å². The highest BCUT2D eigenvalue weighted by Gasteiger charge is 2.00. The van der Waals surface area contributed by atoms with Crippen molar-refractivity contribution in [2.45, 2.75) is 33.1 Å². The second-order valence-electron chi connectivity index (χ2n) is 4.85. The summed E-state index contributed by atoms with van der Waals surface area (Å²) in [5.41, 5.74) is 2.78. The minimum Gasteiger partial charge on any atom is -0.361 e. The van der Waals surface area contributed by atoms with Gasteiger partial charge in [-0.3, -0.25) is 0 Å². The number of rotatable bonds is 5. The molecule has 0 spiro atoms. The lowest BCUT2D eigenvalue weighted by Gasteiger charge is -2.07. The van der Waals surface area contributed by atoms with Gasteiger partial charge in [-0.25, -0.2) is 4.98 Å². The Balaban J connectivity index is 1.83. The van der Waals surface area contributed by atoms with Crippen LogP contribution in [0.4, 0.5) is 5.13 Å². The van der Waals surface area contributed by atoms with Crippen molar-refractivity contribution in [1.82, 2.24) is 4.98 Å². The number of aromatic nitrogens is 1. The summed E-state index contributed by atoms with van der Waals surface area (Å²) in [6.07, 6.45) is 2.95. The molecule has 2 rings (SSSR count). The molecule has 0 amide bonds. The first-order valence-electron chi connectivity index (χ1n) is 6.40. The zero-order chi connectivity index (χ0) is 13.0. The van der Waals surface area contributed by atoms with E-state index in [-0.39, 0.29) is 0 Å². The van der Waals surface area contributed by atoms with Gasteiger partial charge in [0.05, 0.1) is 0 Å². The Bertz CT molecular complexity index is 485. The van der Waals surface area contributed by atoms with Crippen LogP contribution in [-0.2, 0) is 6.42 Å². The van der Waals surface area contributed by atoms with Gasteiger partial charge < -0.3 is 5.32 Å². The second kappa shape index (κ2) is 6.01. The van der Waals surface area contributed by atoms with E-state index in [1.54, 1.807) is 11.3 Å². The summed E-state index contributed by atoms with van der Waals surface area (Å²) in [5, 5.41) is 4.38. The van der Waals surface area contributed by atoms with Gasteiger partial charge in [0.1, 0.15) is 0 Å². The summed E-state index contributed by atoms with van der Waals surface area (Å²) in [6.45, 7) is 7.46. The van der Waals surface area contributed by atoms with E-state index in [9.17, 15) is 0 Å². The average molecular weight is 260 g/mol. The van der Waals surface area contributed by atoms with E-state index in [1.807, 2.05) is 6.20 Å². The van der Waals surface area contributed by atoms with E-state index in [2.05, 4.69) is 55.3 Å². The molecule has 96 valence electrons. The van der Waals surface area contributed by atoms with Crippen molar-refractivity contribution in [3.63, 3.8) is 0 Å². The molecule has 0 saturated heterocycles. The molecular weight excluding hydrogens is 240 g/mol. The third-order valence-electron chi connectivity index (χ3n) is 2.96. The van der Waals surface area contributed by atoms with E-state index >= 15 is 0 Å².